The van der Waals surface area contributed by atoms with E-state index in [9.17, 15) is 9.90 Å². The fraction of sp³-hybridized carbons (Fsp3) is 0.417. The second kappa shape index (κ2) is 9.59. The number of hydrogen-bond donors (Lipinski definition) is 4. The van der Waals surface area contributed by atoms with Gasteiger partial charge in [0.2, 0.25) is 0 Å². The Morgan fingerprint density at radius 2 is 2.06 bits per heavy atom. The number of hydrogen-bond acceptors (Lipinski definition) is 6. The highest BCUT2D eigenvalue weighted by molar-refractivity contribution is 6.09. The maximum absolute atomic E-state index is 13.1. The van der Waals surface area contributed by atoms with Crippen molar-refractivity contribution in [1.82, 2.24) is 20.6 Å². The zero-order valence-electron chi connectivity index (χ0n) is 18.7. The number of aliphatic hydroxyl groups excluding tert-OH is 1. The predicted molar refractivity (Wildman–Crippen MR) is 128 cm³/mol. The molecule has 2 aliphatic rings. The van der Waals surface area contributed by atoms with Crippen LogP contribution in [0.1, 0.15) is 28.9 Å². The number of nitrogens with one attached hydrogen (secondary N) is 3. The first-order valence-electron chi connectivity index (χ1n) is 11.0. The third kappa shape index (κ3) is 4.64. The topological polar surface area (TPSA) is 108 Å². The molecule has 3 heterocycles. The van der Waals surface area contributed by atoms with Gasteiger partial charge >= 0.3 is 0 Å². The number of benzene rings is 1. The van der Waals surface area contributed by atoms with Crippen molar-refractivity contribution in [3.05, 3.63) is 41.7 Å². The van der Waals surface area contributed by atoms with E-state index in [1.807, 2.05) is 31.2 Å². The molecule has 1 saturated heterocycles. The Labute approximate surface area is 198 Å². The second-order valence-corrected chi connectivity index (χ2v) is 8.63. The minimum absolute atomic E-state index is 0. The summed E-state index contributed by atoms with van der Waals surface area (Å²) in [5.41, 5.74) is 4.36. The monoisotopic (exact) mass is 472 g/mol. The van der Waals surface area contributed by atoms with Crippen LogP contribution in [0.15, 0.2) is 30.5 Å². The molecule has 0 bridgehead atoms. The zero-order valence-corrected chi connectivity index (χ0v) is 19.5. The summed E-state index contributed by atoms with van der Waals surface area (Å²) in [6.45, 7) is 3.57. The molecule has 0 radical (unpaired) electrons. The van der Waals surface area contributed by atoms with E-state index in [-0.39, 0.29) is 24.4 Å². The number of amides is 1. The normalized spacial score (nSPS) is 19.8. The first-order chi connectivity index (χ1) is 15.5. The van der Waals surface area contributed by atoms with Gasteiger partial charge in [-0.3, -0.25) is 9.78 Å². The Hall–Kier alpha value is -2.81. The van der Waals surface area contributed by atoms with Crippen molar-refractivity contribution in [1.29, 1.82) is 0 Å². The zero-order chi connectivity index (χ0) is 22.2. The second-order valence-electron chi connectivity index (χ2n) is 8.63. The summed E-state index contributed by atoms with van der Waals surface area (Å²) in [6.07, 6.45) is 3.53. The van der Waals surface area contributed by atoms with Crippen molar-refractivity contribution in [2.75, 3.05) is 26.8 Å². The highest BCUT2D eigenvalue weighted by Gasteiger charge is 2.29. The van der Waals surface area contributed by atoms with Crippen molar-refractivity contribution in [2.45, 2.75) is 31.9 Å². The van der Waals surface area contributed by atoms with Crippen LogP contribution >= 0.6 is 12.4 Å². The van der Waals surface area contributed by atoms with E-state index < -0.39 is 6.10 Å². The Balaban J connectivity index is 0.00000259. The molecule has 1 amide bonds. The van der Waals surface area contributed by atoms with Crippen LogP contribution in [-0.2, 0) is 0 Å². The van der Waals surface area contributed by atoms with E-state index in [1.165, 1.54) is 12.8 Å². The van der Waals surface area contributed by atoms with Crippen LogP contribution in [-0.4, -0.2) is 59.9 Å². The molecule has 4 N–H and O–H groups in total. The van der Waals surface area contributed by atoms with Crippen molar-refractivity contribution >= 4 is 29.3 Å². The van der Waals surface area contributed by atoms with E-state index in [1.54, 1.807) is 13.3 Å². The van der Waals surface area contributed by atoms with E-state index in [0.717, 1.165) is 33.8 Å². The molecule has 0 spiro atoms. The molecule has 3 aromatic rings. The summed E-state index contributed by atoms with van der Waals surface area (Å²) < 4.78 is 11.6. The number of ether oxygens (including phenoxy) is 2. The Morgan fingerprint density at radius 3 is 2.76 bits per heavy atom. The SMILES string of the molecule is COc1ccc(OCC2CC2)c(-c2ccnc3c(C(=O)N[C@@H]4CNC[C@@H]4O)c(C)[nH]c23)c1.Cl. The standard InChI is InChI=1S/C24H28N4O4.ClH/c1-13-21(24(30)28-18-10-25-11-19(18)29)23-22(27-13)16(7-8-26-23)17-9-15(31-2)5-6-20(17)32-12-14-3-4-14;/h5-9,14,18-19,25,27,29H,3-4,10-12H2,1-2H3,(H,28,30);1H/t18-,19+;/m1./s1. The van der Waals surface area contributed by atoms with Gasteiger partial charge in [-0.15, -0.1) is 12.4 Å². The molecule has 2 aromatic heterocycles. The first kappa shape index (κ1) is 23.4. The Kier molecular flexibility index (Phi) is 6.78. The van der Waals surface area contributed by atoms with E-state index in [2.05, 4.69) is 20.6 Å². The van der Waals surface area contributed by atoms with Crippen LogP contribution in [0.5, 0.6) is 11.5 Å². The van der Waals surface area contributed by atoms with Crippen LogP contribution in [0.3, 0.4) is 0 Å². The van der Waals surface area contributed by atoms with E-state index in [4.69, 9.17) is 9.47 Å². The average Bonchev–Trinajstić information content (AvgIpc) is 3.44. The van der Waals surface area contributed by atoms with E-state index >= 15 is 0 Å². The quantitative estimate of drug-likeness (QED) is 0.421. The summed E-state index contributed by atoms with van der Waals surface area (Å²) in [5.74, 6) is 1.89. The number of fused-ring (bicyclic) bond motifs is 1. The number of methoxy groups -OCH3 is 1. The summed E-state index contributed by atoms with van der Waals surface area (Å²) >= 11 is 0. The molecule has 9 heteroatoms. The molecule has 176 valence electrons. The molecule has 1 aromatic carbocycles. The van der Waals surface area contributed by atoms with Crippen molar-refractivity contribution < 1.29 is 19.4 Å². The number of carbonyl (C=O) groups is 1. The first-order valence-corrected chi connectivity index (χ1v) is 11.0. The lowest BCUT2D eigenvalue weighted by Gasteiger charge is -2.15. The summed E-state index contributed by atoms with van der Waals surface area (Å²) in [7, 11) is 1.64. The maximum Gasteiger partial charge on any atom is 0.255 e. The molecule has 1 aliphatic heterocycles. The highest BCUT2D eigenvalue weighted by Crippen LogP contribution is 2.39. The maximum atomic E-state index is 13.1. The average molecular weight is 473 g/mol. The Bertz CT molecular complexity index is 1160. The van der Waals surface area contributed by atoms with Crippen LogP contribution in [0.25, 0.3) is 22.2 Å². The largest absolute Gasteiger partial charge is 0.497 e. The number of β-amino-alcohol motifs (C(OH)–C–C–N with tert-alkyl or cyclic N) is 1. The number of carbonyl (C=O) groups excluding carboxylic acids is 1. The summed E-state index contributed by atoms with van der Waals surface area (Å²) in [6, 6.07) is 7.37. The van der Waals surface area contributed by atoms with Gasteiger partial charge in [-0.1, -0.05) is 0 Å². The summed E-state index contributed by atoms with van der Waals surface area (Å²) in [5, 5.41) is 16.1. The fourth-order valence-electron chi connectivity index (χ4n) is 4.23. The van der Waals surface area contributed by atoms with E-state index in [0.29, 0.717) is 36.7 Å². The number of pyridine rings is 1. The van der Waals surface area contributed by atoms with Crippen molar-refractivity contribution in [2.24, 2.45) is 5.92 Å². The van der Waals surface area contributed by atoms with Crippen LogP contribution in [0, 0.1) is 12.8 Å². The number of rotatable bonds is 7. The van der Waals surface area contributed by atoms with Crippen LogP contribution < -0.4 is 20.1 Å². The van der Waals surface area contributed by atoms with Crippen LogP contribution in [0.4, 0.5) is 0 Å². The Morgan fingerprint density at radius 1 is 1.24 bits per heavy atom. The molecular weight excluding hydrogens is 444 g/mol. The fourth-order valence-corrected chi connectivity index (χ4v) is 4.23. The highest BCUT2D eigenvalue weighted by atomic mass is 35.5. The number of H-pyrrole nitrogens is 1. The lowest BCUT2D eigenvalue weighted by Crippen LogP contribution is -2.42. The minimum Gasteiger partial charge on any atom is -0.497 e. The molecule has 1 saturated carbocycles. The lowest BCUT2D eigenvalue weighted by atomic mass is 10.0. The molecule has 2 fully saturated rings. The van der Waals surface area contributed by atoms with Gasteiger partial charge in [0.25, 0.3) is 5.91 Å². The van der Waals surface area contributed by atoms with Gasteiger partial charge in [0.05, 0.1) is 36.9 Å². The van der Waals surface area contributed by atoms with Crippen LogP contribution in [0.2, 0.25) is 0 Å². The molecule has 5 rings (SSSR count). The molecule has 33 heavy (non-hydrogen) atoms. The van der Waals surface area contributed by atoms with Gasteiger partial charge in [-0.05, 0) is 49.9 Å². The van der Waals surface area contributed by atoms with Crippen molar-refractivity contribution in [3.8, 4) is 22.6 Å². The smallest absolute Gasteiger partial charge is 0.255 e. The number of halogens is 1. The van der Waals surface area contributed by atoms with Gasteiger partial charge in [-0.2, -0.15) is 0 Å². The number of aliphatic hydroxyl groups is 1. The number of nitrogens with zero attached hydrogens (tertiary/aromatic N) is 1. The number of aryl methyl sites for hydroxylation is 1. The predicted octanol–water partition coefficient (Wildman–Crippen LogP) is 2.82. The summed E-state index contributed by atoms with van der Waals surface area (Å²) in [4.78, 5) is 21.0. The molecule has 0 unspecified atom stereocenters. The van der Waals surface area contributed by atoms with Gasteiger partial charge in [0.1, 0.15) is 17.0 Å². The van der Waals surface area contributed by atoms with Gasteiger partial charge < -0.3 is 30.2 Å². The van der Waals surface area contributed by atoms with Gasteiger partial charge in [0, 0.05) is 36.1 Å². The third-order valence-corrected chi connectivity index (χ3v) is 6.25. The molecular formula is C24H29ClN4O4. The van der Waals surface area contributed by atoms with Gasteiger partial charge in [-0.25, -0.2) is 0 Å². The lowest BCUT2D eigenvalue weighted by molar-refractivity contribution is 0.0889. The molecule has 8 nitrogen and oxygen atoms in total. The molecule has 2 atom stereocenters. The third-order valence-electron chi connectivity index (χ3n) is 6.25. The molecule has 1 aliphatic carbocycles. The number of aromatic amines is 1. The van der Waals surface area contributed by atoms with Gasteiger partial charge in [0.15, 0.2) is 0 Å². The number of aromatic nitrogens is 2. The van der Waals surface area contributed by atoms with Crippen molar-refractivity contribution in [3.63, 3.8) is 0 Å². The minimum atomic E-state index is -0.601.